The first-order valence-electron chi connectivity index (χ1n) is 6.11. The van der Waals surface area contributed by atoms with E-state index in [1.165, 1.54) is 0 Å². The van der Waals surface area contributed by atoms with Gasteiger partial charge >= 0.3 is 0 Å². The van der Waals surface area contributed by atoms with Gasteiger partial charge in [-0.2, -0.15) is 11.8 Å². The topological polar surface area (TPSA) is 68.0 Å². The maximum absolute atomic E-state index is 11.9. The Bertz CT molecular complexity index is 573. The van der Waals surface area contributed by atoms with Gasteiger partial charge in [0.25, 0.3) is 0 Å². The second kappa shape index (κ2) is 6.54. The Morgan fingerprint density at radius 1 is 1.47 bits per heavy atom. The van der Waals surface area contributed by atoms with E-state index >= 15 is 0 Å². The molecule has 5 heteroatoms. The van der Waals surface area contributed by atoms with Crippen LogP contribution < -0.4 is 11.1 Å². The fourth-order valence-electron chi connectivity index (χ4n) is 1.76. The van der Waals surface area contributed by atoms with Crippen LogP contribution in [-0.4, -0.2) is 28.9 Å². The summed E-state index contributed by atoms with van der Waals surface area (Å²) in [6, 6.07) is 9.01. The molecule has 0 radical (unpaired) electrons. The highest BCUT2D eigenvalue weighted by atomic mass is 32.2. The zero-order chi connectivity index (χ0) is 13.7. The number of nitrogens with two attached hydrogens (primary N) is 1. The molecular weight excluding hydrogens is 258 g/mol. The number of carbonyl (C=O) groups is 1. The second-order valence-electron chi connectivity index (χ2n) is 4.29. The van der Waals surface area contributed by atoms with Gasteiger partial charge in [0.1, 0.15) is 0 Å². The van der Waals surface area contributed by atoms with E-state index in [1.54, 1.807) is 18.0 Å². The molecule has 0 fully saturated rings. The molecule has 4 nitrogen and oxygen atoms in total. The molecule has 2 rings (SSSR count). The van der Waals surface area contributed by atoms with Crippen LogP contribution in [0.1, 0.15) is 6.42 Å². The average molecular weight is 275 g/mol. The Hall–Kier alpha value is -1.59. The molecule has 0 unspecified atom stereocenters. The van der Waals surface area contributed by atoms with Crippen LogP contribution >= 0.6 is 11.8 Å². The number of nitrogens with one attached hydrogen (secondary N) is 1. The predicted molar refractivity (Wildman–Crippen MR) is 81.3 cm³/mol. The van der Waals surface area contributed by atoms with Gasteiger partial charge in [-0.05, 0) is 42.7 Å². The van der Waals surface area contributed by atoms with Crippen molar-refractivity contribution in [2.45, 2.75) is 12.5 Å². The molecule has 2 aromatic rings. The summed E-state index contributed by atoms with van der Waals surface area (Å²) in [7, 11) is 0. The number of thioether (sulfide) groups is 1. The van der Waals surface area contributed by atoms with Crippen molar-refractivity contribution in [1.82, 2.24) is 4.98 Å². The first-order chi connectivity index (χ1) is 9.20. The van der Waals surface area contributed by atoms with Crippen molar-refractivity contribution >= 4 is 34.3 Å². The molecule has 3 N–H and O–H groups in total. The van der Waals surface area contributed by atoms with Crippen LogP contribution in [-0.2, 0) is 4.79 Å². The molecule has 0 saturated carbocycles. The standard InChI is InChI=1S/C14H17N3OS/c1-19-8-6-12(15)14(18)17-11-4-5-13-10(9-11)3-2-7-16-13/h2-5,7,9,12H,6,8,15H2,1H3,(H,17,18)/t12-/m0/s1. The molecule has 1 atom stereocenters. The van der Waals surface area contributed by atoms with Gasteiger partial charge < -0.3 is 11.1 Å². The van der Waals surface area contributed by atoms with E-state index in [1.807, 2.05) is 36.6 Å². The smallest absolute Gasteiger partial charge is 0.241 e. The number of aromatic nitrogens is 1. The van der Waals surface area contributed by atoms with Crippen molar-refractivity contribution in [3.05, 3.63) is 36.5 Å². The minimum absolute atomic E-state index is 0.141. The summed E-state index contributed by atoms with van der Waals surface area (Å²) in [6.07, 6.45) is 4.43. The SMILES string of the molecule is CSCC[C@H](N)C(=O)Nc1ccc2ncccc2c1. The summed E-state index contributed by atoms with van der Waals surface area (Å²) in [6.45, 7) is 0. The van der Waals surface area contributed by atoms with E-state index in [2.05, 4.69) is 10.3 Å². The number of rotatable bonds is 5. The number of amides is 1. The number of pyridine rings is 1. The molecule has 0 bridgehead atoms. The quantitative estimate of drug-likeness (QED) is 0.878. The van der Waals surface area contributed by atoms with Crippen molar-refractivity contribution < 1.29 is 4.79 Å². The van der Waals surface area contributed by atoms with Crippen LogP contribution in [0.4, 0.5) is 5.69 Å². The highest BCUT2D eigenvalue weighted by Crippen LogP contribution is 2.17. The van der Waals surface area contributed by atoms with Crippen LogP contribution in [0.15, 0.2) is 36.5 Å². The van der Waals surface area contributed by atoms with Gasteiger partial charge in [-0.1, -0.05) is 6.07 Å². The monoisotopic (exact) mass is 275 g/mol. The third-order valence-corrected chi connectivity index (χ3v) is 3.48. The van der Waals surface area contributed by atoms with Gasteiger partial charge in [0.05, 0.1) is 11.6 Å². The molecule has 0 aliphatic heterocycles. The number of benzene rings is 1. The molecule has 1 heterocycles. The van der Waals surface area contributed by atoms with Crippen LogP contribution in [0.3, 0.4) is 0 Å². The normalized spacial score (nSPS) is 12.3. The lowest BCUT2D eigenvalue weighted by molar-refractivity contribution is -0.117. The van der Waals surface area contributed by atoms with E-state index in [4.69, 9.17) is 5.73 Å². The van der Waals surface area contributed by atoms with Crippen LogP contribution in [0.5, 0.6) is 0 Å². The number of anilines is 1. The molecule has 0 aliphatic rings. The van der Waals surface area contributed by atoms with Crippen LogP contribution in [0, 0.1) is 0 Å². The van der Waals surface area contributed by atoms with Crippen molar-refractivity contribution in [3.8, 4) is 0 Å². The number of hydrogen-bond acceptors (Lipinski definition) is 4. The Balaban J connectivity index is 2.06. The maximum atomic E-state index is 11.9. The maximum Gasteiger partial charge on any atom is 0.241 e. The first-order valence-corrected chi connectivity index (χ1v) is 7.50. The predicted octanol–water partition coefficient (Wildman–Crippen LogP) is 2.25. The van der Waals surface area contributed by atoms with E-state index in [-0.39, 0.29) is 5.91 Å². The Kier molecular flexibility index (Phi) is 4.76. The number of fused-ring (bicyclic) bond motifs is 1. The largest absolute Gasteiger partial charge is 0.325 e. The zero-order valence-electron chi connectivity index (χ0n) is 10.8. The molecule has 19 heavy (non-hydrogen) atoms. The fraction of sp³-hybridized carbons (Fsp3) is 0.286. The number of carbonyl (C=O) groups excluding carboxylic acids is 1. The molecule has 1 aromatic heterocycles. The van der Waals surface area contributed by atoms with E-state index in [0.717, 1.165) is 22.3 Å². The van der Waals surface area contributed by atoms with Crippen molar-refractivity contribution in [1.29, 1.82) is 0 Å². The molecule has 100 valence electrons. The van der Waals surface area contributed by atoms with Gasteiger partial charge in [-0.25, -0.2) is 0 Å². The summed E-state index contributed by atoms with van der Waals surface area (Å²) in [5.74, 6) is 0.744. The molecule has 1 amide bonds. The molecule has 0 aliphatic carbocycles. The lowest BCUT2D eigenvalue weighted by atomic mass is 10.2. The van der Waals surface area contributed by atoms with Crippen LogP contribution in [0.25, 0.3) is 10.9 Å². The van der Waals surface area contributed by atoms with E-state index in [0.29, 0.717) is 6.42 Å². The third kappa shape index (κ3) is 3.68. The van der Waals surface area contributed by atoms with Crippen LogP contribution in [0.2, 0.25) is 0 Å². The Morgan fingerprint density at radius 2 is 2.32 bits per heavy atom. The molecule has 0 saturated heterocycles. The highest BCUT2D eigenvalue weighted by Gasteiger charge is 2.13. The first kappa shape index (κ1) is 13.8. The Morgan fingerprint density at radius 3 is 3.11 bits per heavy atom. The summed E-state index contributed by atoms with van der Waals surface area (Å²) in [5.41, 5.74) is 7.49. The fourth-order valence-corrected chi connectivity index (χ4v) is 2.25. The van der Waals surface area contributed by atoms with Gasteiger partial charge in [-0.3, -0.25) is 9.78 Å². The zero-order valence-corrected chi connectivity index (χ0v) is 11.6. The van der Waals surface area contributed by atoms with Crippen molar-refractivity contribution in [2.24, 2.45) is 5.73 Å². The summed E-state index contributed by atoms with van der Waals surface area (Å²) >= 11 is 1.69. The Labute approximate surface area is 116 Å². The number of nitrogens with zero attached hydrogens (tertiary/aromatic N) is 1. The van der Waals surface area contributed by atoms with Gasteiger partial charge in [0, 0.05) is 17.3 Å². The van der Waals surface area contributed by atoms with Gasteiger partial charge in [0.2, 0.25) is 5.91 Å². The summed E-state index contributed by atoms with van der Waals surface area (Å²) < 4.78 is 0. The lowest BCUT2D eigenvalue weighted by Gasteiger charge is -2.12. The molecular formula is C14H17N3OS. The summed E-state index contributed by atoms with van der Waals surface area (Å²) in [5, 5.41) is 3.84. The number of hydrogen-bond donors (Lipinski definition) is 2. The van der Waals surface area contributed by atoms with E-state index in [9.17, 15) is 4.79 Å². The molecule has 1 aromatic carbocycles. The van der Waals surface area contributed by atoms with Crippen molar-refractivity contribution in [2.75, 3.05) is 17.3 Å². The third-order valence-electron chi connectivity index (χ3n) is 2.84. The van der Waals surface area contributed by atoms with Gasteiger partial charge in [-0.15, -0.1) is 0 Å². The van der Waals surface area contributed by atoms with Gasteiger partial charge in [0.15, 0.2) is 0 Å². The van der Waals surface area contributed by atoms with E-state index < -0.39 is 6.04 Å². The average Bonchev–Trinajstić information content (AvgIpc) is 2.44. The second-order valence-corrected chi connectivity index (χ2v) is 5.27. The minimum Gasteiger partial charge on any atom is -0.325 e. The summed E-state index contributed by atoms with van der Waals surface area (Å²) in [4.78, 5) is 16.1. The lowest BCUT2D eigenvalue weighted by Crippen LogP contribution is -2.36. The molecule has 0 spiro atoms. The van der Waals surface area contributed by atoms with Crippen molar-refractivity contribution in [3.63, 3.8) is 0 Å². The minimum atomic E-state index is -0.461. The highest BCUT2D eigenvalue weighted by molar-refractivity contribution is 7.98.